The number of rotatable bonds is 7. The van der Waals surface area contributed by atoms with E-state index in [1.807, 2.05) is 20.8 Å². The number of amides is 1. The molecule has 3 N–H and O–H groups in total. The molecule has 0 aromatic rings. The van der Waals surface area contributed by atoms with Crippen LogP contribution in [0.25, 0.3) is 0 Å². The second kappa shape index (κ2) is 9.33. The number of ether oxygens (including phenoxy) is 2. The topological polar surface area (TPSA) is 76.8 Å². The Morgan fingerprint density at radius 2 is 2.18 bits per heavy atom. The zero-order chi connectivity index (χ0) is 16.6. The van der Waals surface area contributed by atoms with Gasteiger partial charge in [-0.2, -0.15) is 0 Å². The Morgan fingerprint density at radius 3 is 2.77 bits per heavy atom. The second-order valence-electron chi connectivity index (χ2n) is 7.07. The van der Waals surface area contributed by atoms with Crippen LogP contribution in [-0.4, -0.2) is 62.5 Å². The predicted octanol–water partition coefficient (Wildman–Crippen LogP) is 1.59. The third-order valence-electron chi connectivity index (χ3n) is 3.89. The Bertz CT molecular complexity index is 329. The number of nitrogens with one attached hydrogen (secondary N) is 1. The van der Waals surface area contributed by atoms with Gasteiger partial charge >= 0.3 is 6.09 Å². The van der Waals surface area contributed by atoms with Gasteiger partial charge < -0.3 is 20.5 Å². The van der Waals surface area contributed by atoms with Crippen LogP contribution in [0.2, 0.25) is 0 Å². The van der Waals surface area contributed by atoms with E-state index in [4.69, 9.17) is 15.2 Å². The van der Waals surface area contributed by atoms with Gasteiger partial charge in [-0.1, -0.05) is 0 Å². The zero-order valence-electron chi connectivity index (χ0n) is 14.6. The van der Waals surface area contributed by atoms with Gasteiger partial charge in [-0.3, -0.25) is 4.90 Å². The molecular weight excluding hydrogens is 282 g/mol. The number of alkyl carbamates (subject to hydrolysis) is 1. The fourth-order valence-corrected chi connectivity index (χ4v) is 2.91. The van der Waals surface area contributed by atoms with Crippen LogP contribution < -0.4 is 11.1 Å². The van der Waals surface area contributed by atoms with E-state index in [1.165, 1.54) is 12.8 Å². The molecule has 0 spiro atoms. The van der Waals surface area contributed by atoms with E-state index in [1.54, 1.807) is 7.11 Å². The molecule has 1 rings (SSSR count). The van der Waals surface area contributed by atoms with E-state index in [0.717, 1.165) is 26.1 Å². The molecule has 0 bridgehead atoms. The fourth-order valence-electron chi connectivity index (χ4n) is 2.91. The highest BCUT2D eigenvalue weighted by molar-refractivity contribution is 5.67. The lowest BCUT2D eigenvalue weighted by Crippen LogP contribution is -2.48. The van der Waals surface area contributed by atoms with E-state index >= 15 is 0 Å². The molecule has 1 amide bonds. The molecule has 2 unspecified atom stereocenters. The van der Waals surface area contributed by atoms with Gasteiger partial charge in [0.2, 0.25) is 0 Å². The summed E-state index contributed by atoms with van der Waals surface area (Å²) >= 11 is 0. The van der Waals surface area contributed by atoms with Crippen LogP contribution in [-0.2, 0) is 9.47 Å². The first-order chi connectivity index (χ1) is 10.4. The maximum atomic E-state index is 11.6. The summed E-state index contributed by atoms with van der Waals surface area (Å²) in [6.45, 7) is 9.69. The number of hydrogen-bond donors (Lipinski definition) is 2. The first kappa shape index (κ1) is 19.2. The van der Waals surface area contributed by atoms with Crippen molar-refractivity contribution in [2.75, 3.05) is 39.9 Å². The summed E-state index contributed by atoms with van der Waals surface area (Å²) < 4.78 is 10.5. The van der Waals surface area contributed by atoms with E-state index < -0.39 is 5.60 Å². The standard InChI is InChI=1S/C16H33N3O3/c1-16(2,3)22-15(20)18-8-7-14(10-17)19-9-5-6-13(11-19)12-21-4/h13-14H,5-12,17H2,1-4H3,(H,18,20). The summed E-state index contributed by atoms with van der Waals surface area (Å²) in [5, 5.41) is 2.81. The Kier molecular flexibility index (Phi) is 8.14. The summed E-state index contributed by atoms with van der Waals surface area (Å²) in [7, 11) is 1.75. The van der Waals surface area contributed by atoms with Gasteiger partial charge in [0.05, 0.1) is 6.61 Å². The quantitative estimate of drug-likeness (QED) is 0.746. The van der Waals surface area contributed by atoms with Crippen LogP contribution in [0.5, 0.6) is 0 Å². The minimum absolute atomic E-state index is 0.301. The number of carbonyl (C=O) groups is 1. The molecule has 0 aromatic heterocycles. The number of carbonyl (C=O) groups excluding carboxylic acids is 1. The highest BCUT2D eigenvalue weighted by atomic mass is 16.6. The minimum atomic E-state index is -0.461. The molecule has 1 fully saturated rings. The highest BCUT2D eigenvalue weighted by Crippen LogP contribution is 2.19. The van der Waals surface area contributed by atoms with Gasteiger partial charge in [0.25, 0.3) is 0 Å². The van der Waals surface area contributed by atoms with Crippen molar-refractivity contribution in [2.24, 2.45) is 11.7 Å². The predicted molar refractivity (Wildman–Crippen MR) is 87.9 cm³/mol. The third kappa shape index (κ3) is 7.42. The monoisotopic (exact) mass is 315 g/mol. The lowest BCUT2D eigenvalue weighted by atomic mass is 9.96. The van der Waals surface area contributed by atoms with E-state index in [9.17, 15) is 4.79 Å². The second-order valence-corrected chi connectivity index (χ2v) is 7.07. The van der Waals surface area contributed by atoms with Gasteiger partial charge in [-0.15, -0.1) is 0 Å². The molecule has 1 aliphatic heterocycles. The smallest absolute Gasteiger partial charge is 0.407 e. The van der Waals surface area contributed by atoms with Crippen LogP contribution in [0.3, 0.4) is 0 Å². The molecule has 130 valence electrons. The number of nitrogens with zero attached hydrogens (tertiary/aromatic N) is 1. The number of piperidine rings is 1. The molecule has 6 nitrogen and oxygen atoms in total. The van der Waals surface area contributed by atoms with Gasteiger partial charge in [0.1, 0.15) is 5.60 Å². The minimum Gasteiger partial charge on any atom is -0.444 e. The van der Waals surface area contributed by atoms with Crippen LogP contribution in [0.1, 0.15) is 40.0 Å². The van der Waals surface area contributed by atoms with Crippen molar-refractivity contribution < 1.29 is 14.3 Å². The fraction of sp³-hybridized carbons (Fsp3) is 0.938. The summed E-state index contributed by atoms with van der Waals surface area (Å²) in [6, 6.07) is 0.301. The summed E-state index contributed by atoms with van der Waals surface area (Å²) in [5.41, 5.74) is 5.46. The van der Waals surface area contributed by atoms with Crippen LogP contribution in [0.4, 0.5) is 4.79 Å². The van der Waals surface area contributed by atoms with Crippen molar-refractivity contribution in [2.45, 2.75) is 51.7 Å². The van der Waals surface area contributed by atoms with Crippen molar-refractivity contribution in [3.8, 4) is 0 Å². The Balaban J connectivity index is 2.33. The van der Waals surface area contributed by atoms with Crippen LogP contribution in [0, 0.1) is 5.92 Å². The van der Waals surface area contributed by atoms with Gasteiger partial charge in [0.15, 0.2) is 0 Å². The molecule has 22 heavy (non-hydrogen) atoms. The van der Waals surface area contributed by atoms with E-state index in [0.29, 0.717) is 25.0 Å². The zero-order valence-corrected chi connectivity index (χ0v) is 14.6. The number of methoxy groups -OCH3 is 1. The largest absolute Gasteiger partial charge is 0.444 e. The average Bonchev–Trinajstić information content (AvgIpc) is 2.42. The van der Waals surface area contributed by atoms with Crippen molar-refractivity contribution in [3.63, 3.8) is 0 Å². The Morgan fingerprint density at radius 1 is 1.45 bits per heavy atom. The van der Waals surface area contributed by atoms with Crippen LogP contribution >= 0.6 is 0 Å². The van der Waals surface area contributed by atoms with Crippen molar-refractivity contribution in [3.05, 3.63) is 0 Å². The lowest BCUT2D eigenvalue weighted by molar-refractivity contribution is 0.0505. The molecule has 6 heteroatoms. The number of hydrogen-bond acceptors (Lipinski definition) is 5. The van der Waals surface area contributed by atoms with Crippen molar-refractivity contribution in [1.29, 1.82) is 0 Å². The molecule has 0 saturated carbocycles. The first-order valence-electron chi connectivity index (χ1n) is 8.25. The SMILES string of the molecule is COCC1CCCN(C(CN)CCNC(=O)OC(C)(C)C)C1. The summed E-state index contributed by atoms with van der Waals surface area (Å²) in [5.74, 6) is 0.589. The third-order valence-corrected chi connectivity index (χ3v) is 3.89. The number of likely N-dealkylation sites (tertiary alicyclic amines) is 1. The molecule has 2 atom stereocenters. The van der Waals surface area contributed by atoms with Crippen molar-refractivity contribution in [1.82, 2.24) is 10.2 Å². The highest BCUT2D eigenvalue weighted by Gasteiger charge is 2.25. The Hall–Kier alpha value is -0.850. The molecular formula is C16H33N3O3. The average molecular weight is 315 g/mol. The molecule has 0 aliphatic carbocycles. The first-order valence-corrected chi connectivity index (χ1v) is 8.25. The normalized spacial score (nSPS) is 21.4. The van der Waals surface area contributed by atoms with Crippen LogP contribution in [0.15, 0.2) is 0 Å². The summed E-state index contributed by atoms with van der Waals surface area (Å²) in [6.07, 6.45) is 2.89. The van der Waals surface area contributed by atoms with E-state index in [2.05, 4.69) is 10.2 Å². The number of nitrogens with two attached hydrogens (primary N) is 1. The molecule has 1 saturated heterocycles. The Labute approximate surface area is 134 Å². The van der Waals surface area contributed by atoms with Gasteiger partial charge in [-0.05, 0) is 52.5 Å². The molecule has 0 aromatic carbocycles. The lowest BCUT2D eigenvalue weighted by Gasteiger charge is -2.37. The maximum absolute atomic E-state index is 11.6. The van der Waals surface area contributed by atoms with E-state index in [-0.39, 0.29) is 6.09 Å². The molecule has 0 radical (unpaired) electrons. The van der Waals surface area contributed by atoms with Gasteiger partial charge in [0, 0.05) is 32.8 Å². The molecule has 1 heterocycles. The van der Waals surface area contributed by atoms with Crippen molar-refractivity contribution >= 4 is 6.09 Å². The summed E-state index contributed by atoms with van der Waals surface area (Å²) in [4.78, 5) is 14.1. The maximum Gasteiger partial charge on any atom is 0.407 e. The van der Waals surface area contributed by atoms with Gasteiger partial charge in [-0.25, -0.2) is 4.79 Å². The molecule has 1 aliphatic rings.